The fourth-order valence-corrected chi connectivity index (χ4v) is 9.96. The highest BCUT2D eigenvalue weighted by Gasteiger charge is 2.48. The Balaban J connectivity index is 2.36. The number of unbranched alkanes of at least 4 members (excludes halogenated alkanes) is 37. The summed E-state index contributed by atoms with van der Waals surface area (Å²) in [7, 11) is -5.09. The van der Waals surface area contributed by atoms with Crippen molar-refractivity contribution in [2.75, 3.05) is 13.2 Å². The maximum atomic E-state index is 13.1. The van der Waals surface area contributed by atoms with Gasteiger partial charge in [0.05, 0.1) is 25.4 Å². The highest BCUT2D eigenvalue weighted by atomic mass is 32.3. The van der Waals surface area contributed by atoms with Crippen LogP contribution in [0.5, 0.6) is 0 Å². The van der Waals surface area contributed by atoms with Gasteiger partial charge in [-0.1, -0.05) is 250 Å². The van der Waals surface area contributed by atoms with Crippen LogP contribution >= 0.6 is 0 Å². The van der Waals surface area contributed by atoms with E-state index in [1.807, 2.05) is 6.08 Å². The summed E-state index contributed by atoms with van der Waals surface area (Å²) in [5.74, 6) is -0.261. The van der Waals surface area contributed by atoms with Gasteiger partial charge in [0.1, 0.15) is 24.4 Å². The van der Waals surface area contributed by atoms with Crippen molar-refractivity contribution >= 4 is 16.3 Å². The van der Waals surface area contributed by atoms with Gasteiger partial charge < -0.3 is 35.2 Å². The minimum absolute atomic E-state index is 0.261. The van der Waals surface area contributed by atoms with Crippen LogP contribution in [0, 0.1) is 0 Å². The van der Waals surface area contributed by atoms with Gasteiger partial charge in [-0.2, -0.15) is 8.42 Å². The molecule has 1 fully saturated rings. The summed E-state index contributed by atoms with van der Waals surface area (Å²) in [6, 6.07) is -0.944. The molecule has 0 aromatic heterocycles. The first kappa shape index (κ1) is 66.6. The zero-order chi connectivity index (χ0) is 51.2. The smallest absolute Gasteiger partial charge is 0.394 e. The van der Waals surface area contributed by atoms with Crippen LogP contribution in [0.4, 0.5) is 0 Å². The average Bonchev–Trinajstić information content (AvgIpc) is 3.33. The standard InChI is InChI=1S/C57H109NO11S/c1-3-5-7-9-11-13-15-17-19-21-23-24-25-26-27-28-29-31-33-35-37-39-41-43-45-47-53(61)58-50(49-67-57-55(63)56(69-70(64,65)66)54(62)52(48-59)68-57)51(60)46-44-42-40-38-36-34-32-30-22-20-18-16-14-12-10-8-6-4-2/h26-27,44,46,50-52,54-57,59-60,62-63H,3-25,28-43,45,47-49H2,1-2H3,(H,58,61)(H,64,65,66)/b27-26-,46-44+. The molecule has 0 aromatic carbocycles. The highest BCUT2D eigenvalue weighted by Crippen LogP contribution is 2.26. The predicted molar refractivity (Wildman–Crippen MR) is 287 cm³/mol. The molecular weight excluding hydrogens is 907 g/mol. The lowest BCUT2D eigenvalue weighted by molar-refractivity contribution is -0.298. The Hall–Kier alpha value is -1.42. The van der Waals surface area contributed by atoms with Gasteiger partial charge in [-0.15, -0.1) is 0 Å². The minimum atomic E-state index is -5.09. The summed E-state index contributed by atoms with van der Waals surface area (Å²) >= 11 is 0. The number of carbonyl (C=O) groups excluding carboxylic acids is 1. The molecule has 12 nitrogen and oxygen atoms in total. The molecular formula is C57H109NO11S. The van der Waals surface area contributed by atoms with E-state index in [1.165, 1.54) is 212 Å². The molecule has 1 rings (SSSR count). The number of nitrogens with one attached hydrogen (secondary N) is 1. The van der Waals surface area contributed by atoms with Gasteiger partial charge in [-0.3, -0.25) is 9.35 Å². The van der Waals surface area contributed by atoms with Crippen LogP contribution in [0.3, 0.4) is 0 Å². The summed E-state index contributed by atoms with van der Waals surface area (Å²) in [6.45, 7) is 3.43. The maximum absolute atomic E-state index is 13.1. The molecule has 1 amide bonds. The average molecular weight is 1020 g/mol. The number of hydrogen-bond donors (Lipinski definition) is 6. The Morgan fingerprint density at radius 1 is 0.557 bits per heavy atom. The van der Waals surface area contributed by atoms with E-state index in [0.29, 0.717) is 6.42 Å². The van der Waals surface area contributed by atoms with E-state index in [-0.39, 0.29) is 18.9 Å². The summed E-state index contributed by atoms with van der Waals surface area (Å²) < 4.78 is 47.8. The summed E-state index contributed by atoms with van der Waals surface area (Å²) in [5.41, 5.74) is 0. The van der Waals surface area contributed by atoms with Gasteiger partial charge in [0.15, 0.2) is 6.29 Å². The fourth-order valence-electron chi connectivity index (χ4n) is 9.45. The highest BCUT2D eigenvalue weighted by molar-refractivity contribution is 7.80. The zero-order valence-electron chi connectivity index (χ0n) is 44.9. The number of allylic oxidation sites excluding steroid dienone is 3. The van der Waals surface area contributed by atoms with E-state index in [1.54, 1.807) is 6.08 Å². The third-order valence-electron chi connectivity index (χ3n) is 14.0. The van der Waals surface area contributed by atoms with E-state index < -0.39 is 59.9 Å². The van der Waals surface area contributed by atoms with Crippen LogP contribution in [-0.2, 0) is 28.9 Å². The van der Waals surface area contributed by atoms with Crippen LogP contribution in [-0.4, -0.2) is 95.4 Å². The maximum Gasteiger partial charge on any atom is 0.397 e. The molecule has 0 aromatic rings. The lowest BCUT2D eigenvalue weighted by Crippen LogP contribution is -2.61. The lowest BCUT2D eigenvalue weighted by atomic mass is 9.99. The Kier molecular flexibility index (Phi) is 45.0. The normalized spacial score (nSPS) is 19.7. The first-order valence-electron chi connectivity index (χ1n) is 29.2. The number of rotatable bonds is 51. The van der Waals surface area contributed by atoms with Crippen LogP contribution < -0.4 is 5.32 Å². The largest absolute Gasteiger partial charge is 0.397 e. The van der Waals surface area contributed by atoms with Crippen LogP contribution in [0.1, 0.15) is 277 Å². The second kappa shape index (κ2) is 47.3. The van der Waals surface area contributed by atoms with E-state index >= 15 is 0 Å². The first-order valence-corrected chi connectivity index (χ1v) is 30.6. The molecule has 0 aliphatic carbocycles. The second-order valence-electron chi connectivity index (χ2n) is 20.6. The van der Waals surface area contributed by atoms with Gasteiger partial charge in [-0.25, -0.2) is 4.18 Å². The van der Waals surface area contributed by atoms with Gasteiger partial charge in [0, 0.05) is 6.42 Å². The van der Waals surface area contributed by atoms with Gasteiger partial charge >= 0.3 is 10.4 Å². The fraction of sp³-hybridized carbons (Fsp3) is 0.912. The molecule has 7 atom stereocenters. The quantitative estimate of drug-likeness (QED) is 0.0193. The van der Waals surface area contributed by atoms with E-state index in [4.69, 9.17) is 9.47 Å². The molecule has 0 spiro atoms. The number of hydrogen-bond acceptors (Lipinski definition) is 10. The molecule has 70 heavy (non-hydrogen) atoms. The van der Waals surface area contributed by atoms with Crippen LogP contribution in [0.2, 0.25) is 0 Å². The molecule has 0 saturated carbocycles. The van der Waals surface area contributed by atoms with Crippen LogP contribution in [0.25, 0.3) is 0 Å². The molecule has 7 unspecified atom stereocenters. The van der Waals surface area contributed by atoms with Crippen molar-refractivity contribution in [1.29, 1.82) is 0 Å². The topological polar surface area (TPSA) is 192 Å². The summed E-state index contributed by atoms with van der Waals surface area (Å²) in [6.07, 6.45) is 49.4. The summed E-state index contributed by atoms with van der Waals surface area (Å²) in [5, 5.41) is 45.0. The third kappa shape index (κ3) is 39.1. The number of aliphatic hydroxyl groups excluding tert-OH is 4. The van der Waals surface area contributed by atoms with Gasteiger partial charge in [0.25, 0.3) is 0 Å². The second-order valence-corrected chi connectivity index (χ2v) is 21.6. The molecule has 0 bridgehead atoms. The molecule has 1 saturated heterocycles. The first-order chi connectivity index (χ1) is 34.0. The van der Waals surface area contributed by atoms with Crippen molar-refractivity contribution in [3.05, 3.63) is 24.3 Å². The Morgan fingerprint density at radius 2 is 0.914 bits per heavy atom. The summed E-state index contributed by atoms with van der Waals surface area (Å²) in [4.78, 5) is 13.1. The number of amides is 1. The van der Waals surface area contributed by atoms with E-state index in [2.05, 4.69) is 35.5 Å². The SMILES string of the molecule is CCCCCCCCCCCCCC/C=C\CCCCCCCCCCCC(=O)NC(COC1OC(CO)C(O)C(OS(=O)(=O)O)C1O)C(O)/C=C/CCCCCCCCCCCCCCCCCC. The Labute approximate surface area is 429 Å². The van der Waals surface area contributed by atoms with E-state index in [9.17, 15) is 38.2 Å². The van der Waals surface area contributed by atoms with Crippen molar-refractivity contribution < 1.29 is 51.8 Å². The number of ether oxygens (including phenoxy) is 2. The van der Waals surface area contributed by atoms with Crippen molar-refractivity contribution in [3.63, 3.8) is 0 Å². The predicted octanol–water partition coefficient (Wildman–Crippen LogP) is 13.6. The molecule has 1 aliphatic rings. The lowest BCUT2D eigenvalue weighted by Gasteiger charge is -2.41. The van der Waals surface area contributed by atoms with Crippen molar-refractivity contribution in [2.45, 2.75) is 320 Å². The number of aliphatic hydroxyl groups is 4. The van der Waals surface area contributed by atoms with Gasteiger partial charge in [0.2, 0.25) is 5.91 Å². The third-order valence-corrected chi connectivity index (χ3v) is 14.4. The van der Waals surface area contributed by atoms with Crippen molar-refractivity contribution in [2.24, 2.45) is 0 Å². The van der Waals surface area contributed by atoms with Gasteiger partial charge in [-0.05, 0) is 44.9 Å². The van der Waals surface area contributed by atoms with Crippen molar-refractivity contribution in [3.8, 4) is 0 Å². The molecule has 6 N–H and O–H groups in total. The monoisotopic (exact) mass is 1020 g/mol. The van der Waals surface area contributed by atoms with Crippen molar-refractivity contribution in [1.82, 2.24) is 5.32 Å². The minimum Gasteiger partial charge on any atom is -0.394 e. The molecule has 1 heterocycles. The molecule has 414 valence electrons. The van der Waals surface area contributed by atoms with E-state index in [0.717, 1.165) is 38.5 Å². The molecule has 1 aliphatic heterocycles. The molecule has 13 heteroatoms. The zero-order valence-corrected chi connectivity index (χ0v) is 45.7. The Bertz CT molecular complexity index is 1330. The van der Waals surface area contributed by atoms with Crippen LogP contribution in [0.15, 0.2) is 24.3 Å². The Morgan fingerprint density at radius 3 is 1.29 bits per heavy atom. The molecule has 0 radical (unpaired) electrons. The number of carbonyl (C=O) groups is 1.